The van der Waals surface area contributed by atoms with Crippen molar-refractivity contribution in [2.75, 3.05) is 5.32 Å². The Bertz CT molecular complexity index is 708. The zero-order chi connectivity index (χ0) is 16.3. The molecule has 0 saturated carbocycles. The molecule has 0 atom stereocenters. The second-order valence-electron chi connectivity index (χ2n) is 4.33. The van der Waals surface area contributed by atoms with Crippen LogP contribution in [0.25, 0.3) is 0 Å². The topological polar surface area (TPSA) is 46.2 Å². The summed E-state index contributed by atoms with van der Waals surface area (Å²) >= 11 is 22.4. The van der Waals surface area contributed by atoms with Crippen LogP contribution in [0.1, 0.15) is 15.9 Å². The van der Waals surface area contributed by atoms with Crippen LogP contribution >= 0.6 is 46.4 Å². The molecule has 2 rings (SSSR count). The molecule has 2 aromatic carbocycles. The van der Waals surface area contributed by atoms with E-state index in [1.807, 2.05) is 0 Å². The monoisotopic (exact) mass is 375 g/mol. The first-order chi connectivity index (χ1) is 10.3. The fourth-order valence-corrected chi connectivity index (χ4v) is 2.01. The van der Waals surface area contributed by atoms with Gasteiger partial charge in [-0.15, -0.1) is 0 Å². The number of carbonyl (C=O) groups excluding carboxylic acids is 2. The Kier molecular flexibility index (Phi) is 5.35. The van der Waals surface area contributed by atoms with E-state index in [1.54, 1.807) is 48.5 Å². The maximum absolute atomic E-state index is 12.5. The molecule has 0 spiro atoms. The van der Waals surface area contributed by atoms with Crippen molar-refractivity contribution in [1.82, 2.24) is 0 Å². The van der Waals surface area contributed by atoms with Crippen molar-refractivity contribution in [1.29, 1.82) is 0 Å². The minimum Gasteiger partial charge on any atom is -0.322 e. The highest BCUT2D eigenvalue weighted by molar-refractivity contribution is 6.76. The van der Waals surface area contributed by atoms with E-state index in [4.69, 9.17) is 46.4 Å². The molecule has 1 N–H and O–H groups in total. The quantitative estimate of drug-likeness (QED) is 0.612. The number of alkyl halides is 3. The Labute approximate surface area is 147 Å². The first-order valence-electron chi connectivity index (χ1n) is 6.06. The fourth-order valence-electron chi connectivity index (χ4n) is 1.74. The van der Waals surface area contributed by atoms with E-state index >= 15 is 0 Å². The SMILES string of the molecule is O=C(c1ccc(Cl)cc1)c1ccccc1NC(=O)C(Cl)(Cl)Cl. The van der Waals surface area contributed by atoms with Gasteiger partial charge in [-0.3, -0.25) is 9.59 Å². The molecule has 0 saturated heterocycles. The molecule has 3 nitrogen and oxygen atoms in total. The number of benzene rings is 2. The van der Waals surface area contributed by atoms with Gasteiger partial charge in [-0.2, -0.15) is 0 Å². The lowest BCUT2D eigenvalue weighted by Gasteiger charge is -2.14. The van der Waals surface area contributed by atoms with Crippen LogP contribution in [-0.4, -0.2) is 15.5 Å². The van der Waals surface area contributed by atoms with Crippen molar-refractivity contribution >= 4 is 63.8 Å². The lowest BCUT2D eigenvalue weighted by molar-refractivity contribution is -0.115. The van der Waals surface area contributed by atoms with Crippen LogP contribution in [0.15, 0.2) is 48.5 Å². The van der Waals surface area contributed by atoms with Gasteiger partial charge in [-0.1, -0.05) is 58.5 Å². The molecule has 22 heavy (non-hydrogen) atoms. The highest BCUT2D eigenvalue weighted by Gasteiger charge is 2.31. The molecule has 0 aromatic heterocycles. The number of hydrogen-bond donors (Lipinski definition) is 1. The zero-order valence-electron chi connectivity index (χ0n) is 10.9. The molecule has 0 heterocycles. The van der Waals surface area contributed by atoms with Gasteiger partial charge in [-0.05, 0) is 36.4 Å². The first-order valence-corrected chi connectivity index (χ1v) is 7.57. The maximum atomic E-state index is 12.5. The second-order valence-corrected chi connectivity index (χ2v) is 7.05. The molecule has 114 valence electrons. The van der Waals surface area contributed by atoms with Crippen LogP contribution in [0, 0.1) is 0 Å². The van der Waals surface area contributed by atoms with Gasteiger partial charge < -0.3 is 5.32 Å². The number of rotatable bonds is 3. The van der Waals surface area contributed by atoms with Crippen molar-refractivity contribution in [2.45, 2.75) is 3.79 Å². The van der Waals surface area contributed by atoms with Crippen molar-refractivity contribution in [3.05, 3.63) is 64.7 Å². The highest BCUT2D eigenvalue weighted by atomic mass is 35.6. The summed E-state index contributed by atoms with van der Waals surface area (Å²) in [7, 11) is 0. The van der Waals surface area contributed by atoms with E-state index in [-0.39, 0.29) is 17.0 Å². The standard InChI is InChI=1S/C15H9Cl4NO2/c16-10-7-5-9(6-8-10)13(21)11-3-1-2-4-12(11)20-14(22)15(17,18)19/h1-8H,(H,20,22). The minimum atomic E-state index is -2.11. The number of para-hydroxylation sites is 1. The smallest absolute Gasteiger partial charge is 0.276 e. The third-order valence-electron chi connectivity index (χ3n) is 2.78. The molecule has 0 aliphatic heterocycles. The van der Waals surface area contributed by atoms with E-state index in [0.29, 0.717) is 10.6 Å². The molecular weight excluding hydrogens is 368 g/mol. The van der Waals surface area contributed by atoms with Crippen molar-refractivity contribution in [2.24, 2.45) is 0 Å². The Morgan fingerprint density at radius 2 is 1.50 bits per heavy atom. The second kappa shape index (κ2) is 6.88. The van der Waals surface area contributed by atoms with Gasteiger partial charge in [0.15, 0.2) is 5.78 Å². The summed E-state index contributed by atoms with van der Waals surface area (Å²) in [6, 6.07) is 12.9. The van der Waals surface area contributed by atoms with Crippen LogP contribution in [-0.2, 0) is 4.79 Å². The molecule has 2 aromatic rings. The average molecular weight is 377 g/mol. The number of halogens is 4. The summed E-state index contributed by atoms with van der Waals surface area (Å²) in [4.78, 5) is 24.3. The molecular formula is C15H9Cl4NO2. The molecule has 0 unspecified atom stereocenters. The molecule has 1 amide bonds. The Hall–Kier alpha value is -1.26. The van der Waals surface area contributed by atoms with E-state index in [0.717, 1.165) is 0 Å². The number of ketones is 1. The summed E-state index contributed by atoms with van der Waals surface area (Å²) < 4.78 is -2.11. The van der Waals surface area contributed by atoms with Crippen molar-refractivity contribution in [3.63, 3.8) is 0 Å². The molecule has 0 radical (unpaired) electrons. The van der Waals surface area contributed by atoms with Gasteiger partial charge in [-0.25, -0.2) is 0 Å². The third kappa shape index (κ3) is 4.14. The summed E-state index contributed by atoms with van der Waals surface area (Å²) in [6.07, 6.45) is 0. The first kappa shape index (κ1) is 17.1. The summed E-state index contributed by atoms with van der Waals surface area (Å²) in [6.45, 7) is 0. The predicted octanol–water partition coefficient (Wildman–Crippen LogP) is 4.88. The molecule has 7 heteroatoms. The van der Waals surface area contributed by atoms with Gasteiger partial charge >= 0.3 is 0 Å². The van der Waals surface area contributed by atoms with Crippen LogP contribution in [0.2, 0.25) is 5.02 Å². The average Bonchev–Trinajstić information content (AvgIpc) is 2.47. The van der Waals surface area contributed by atoms with E-state index < -0.39 is 9.70 Å². The lowest BCUT2D eigenvalue weighted by atomic mass is 10.0. The zero-order valence-corrected chi connectivity index (χ0v) is 14.0. The van der Waals surface area contributed by atoms with E-state index in [9.17, 15) is 9.59 Å². The minimum absolute atomic E-state index is 0.263. The number of nitrogens with one attached hydrogen (secondary N) is 1. The van der Waals surface area contributed by atoms with E-state index in [2.05, 4.69) is 5.32 Å². The van der Waals surface area contributed by atoms with Crippen LogP contribution in [0.3, 0.4) is 0 Å². The lowest BCUT2D eigenvalue weighted by Crippen LogP contribution is -2.27. The molecule has 0 aliphatic carbocycles. The van der Waals surface area contributed by atoms with Crippen LogP contribution in [0.5, 0.6) is 0 Å². The molecule has 0 aliphatic rings. The van der Waals surface area contributed by atoms with Gasteiger partial charge in [0.25, 0.3) is 9.70 Å². The summed E-state index contributed by atoms with van der Waals surface area (Å²) in [5.74, 6) is -1.12. The van der Waals surface area contributed by atoms with E-state index in [1.165, 1.54) is 0 Å². The fraction of sp³-hybridized carbons (Fsp3) is 0.0667. The number of anilines is 1. The van der Waals surface area contributed by atoms with Crippen molar-refractivity contribution < 1.29 is 9.59 Å². The Morgan fingerprint density at radius 3 is 2.09 bits per heavy atom. The van der Waals surface area contributed by atoms with Gasteiger partial charge in [0.05, 0.1) is 5.69 Å². The van der Waals surface area contributed by atoms with Crippen LogP contribution < -0.4 is 5.32 Å². The predicted molar refractivity (Wildman–Crippen MR) is 90.2 cm³/mol. The number of carbonyl (C=O) groups is 2. The van der Waals surface area contributed by atoms with Gasteiger partial charge in [0.1, 0.15) is 0 Å². The number of amides is 1. The largest absolute Gasteiger partial charge is 0.322 e. The highest BCUT2D eigenvalue weighted by Crippen LogP contribution is 2.29. The third-order valence-corrected chi connectivity index (χ3v) is 3.55. The van der Waals surface area contributed by atoms with Crippen LogP contribution in [0.4, 0.5) is 5.69 Å². The van der Waals surface area contributed by atoms with Gasteiger partial charge in [0, 0.05) is 16.1 Å². The van der Waals surface area contributed by atoms with Gasteiger partial charge in [0.2, 0.25) is 0 Å². The van der Waals surface area contributed by atoms with Crippen molar-refractivity contribution in [3.8, 4) is 0 Å². The number of hydrogen-bond acceptors (Lipinski definition) is 2. The summed E-state index contributed by atoms with van der Waals surface area (Å²) in [5.41, 5.74) is 0.978. The maximum Gasteiger partial charge on any atom is 0.276 e. The molecule has 0 fully saturated rings. The molecule has 0 bridgehead atoms. The Balaban J connectivity index is 2.34. The normalized spacial score (nSPS) is 11.1. The summed E-state index contributed by atoms with van der Waals surface area (Å²) in [5, 5.41) is 2.95. The Morgan fingerprint density at radius 1 is 0.909 bits per heavy atom.